The summed E-state index contributed by atoms with van der Waals surface area (Å²) in [6.07, 6.45) is 3.40. The van der Waals surface area contributed by atoms with E-state index in [4.69, 9.17) is 4.74 Å². The minimum absolute atomic E-state index is 0.444. The van der Waals surface area contributed by atoms with Gasteiger partial charge in [-0.15, -0.1) is 0 Å². The van der Waals surface area contributed by atoms with Crippen LogP contribution in [0.2, 0.25) is 0 Å². The first-order valence-corrected chi connectivity index (χ1v) is 7.55. The molecule has 0 amide bonds. The van der Waals surface area contributed by atoms with Gasteiger partial charge in [-0.2, -0.15) is 0 Å². The van der Waals surface area contributed by atoms with Crippen molar-refractivity contribution in [1.29, 1.82) is 0 Å². The maximum atomic E-state index is 11.9. The molecule has 0 saturated heterocycles. The van der Waals surface area contributed by atoms with Gasteiger partial charge >= 0.3 is 5.97 Å². The molecule has 0 radical (unpaired) electrons. The topological polar surface area (TPSA) is 43.4 Å². The van der Waals surface area contributed by atoms with Gasteiger partial charge in [-0.25, -0.2) is 4.79 Å². The number of carbonyl (C=O) groups is 2. The van der Waals surface area contributed by atoms with E-state index in [1.165, 1.54) is 5.56 Å². The Morgan fingerprint density at radius 1 is 0.955 bits per heavy atom. The van der Waals surface area contributed by atoms with Crippen LogP contribution in [0.4, 0.5) is 0 Å². The smallest absolute Gasteiger partial charge is 0.338 e. The normalized spacial score (nSPS) is 11.6. The van der Waals surface area contributed by atoms with Gasteiger partial charge in [-0.1, -0.05) is 48.5 Å². The zero-order valence-electron chi connectivity index (χ0n) is 12.5. The van der Waals surface area contributed by atoms with E-state index in [9.17, 15) is 9.59 Å². The van der Waals surface area contributed by atoms with Crippen molar-refractivity contribution in [2.45, 2.75) is 31.8 Å². The second kappa shape index (κ2) is 8.78. The van der Waals surface area contributed by atoms with Gasteiger partial charge in [0.25, 0.3) is 0 Å². The number of esters is 1. The third kappa shape index (κ3) is 5.17. The molecule has 0 aliphatic heterocycles. The fourth-order valence-corrected chi connectivity index (χ4v) is 2.25. The standard InChI is InChI=1S/C19H20O3/c20-15-18(22-19(21)17-12-5-2-6-13-17)14-8-7-11-16-9-3-1-4-10-16/h1-6,9-10,12-13,15,18H,7-8,11,14H2. The number of aryl methyl sites for hydroxylation is 1. The van der Waals surface area contributed by atoms with Gasteiger partial charge in [0.15, 0.2) is 12.4 Å². The fraction of sp³-hybridized carbons (Fsp3) is 0.263. The molecule has 1 unspecified atom stereocenters. The molecule has 3 nitrogen and oxygen atoms in total. The zero-order chi connectivity index (χ0) is 15.6. The molecule has 0 saturated carbocycles. The summed E-state index contributed by atoms with van der Waals surface area (Å²) in [5, 5.41) is 0. The lowest BCUT2D eigenvalue weighted by Crippen LogP contribution is -2.19. The van der Waals surface area contributed by atoms with E-state index in [2.05, 4.69) is 12.1 Å². The lowest BCUT2D eigenvalue weighted by Gasteiger charge is -2.12. The maximum absolute atomic E-state index is 11.9. The third-order valence-electron chi connectivity index (χ3n) is 3.47. The predicted molar refractivity (Wildman–Crippen MR) is 85.7 cm³/mol. The number of carbonyl (C=O) groups excluding carboxylic acids is 2. The Balaban J connectivity index is 1.73. The van der Waals surface area contributed by atoms with E-state index < -0.39 is 12.1 Å². The molecule has 0 aromatic heterocycles. The van der Waals surface area contributed by atoms with Crippen LogP contribution in [-0.2, 0) is 16.0 Å². The summed E-state index contributed by atoms with van der Waals surface area (Å²) < 4.78 is 5.23. The van der Waals surface area contributed by atoms with Crippen molar-refractivity contribution in [2.75, 3.05) is 0 Å². The van der Waals surface area contributed by atoms with Crippen molar-refractivity contribution in [3.8, 4) is 0 Å². The van der Waals surface area contributed by atoms with Gasteiger partial charge in [0, 0.05) is 0 Å². The molecule has 1 atom stereocenters. The number of benzene rings is 2. The van der Waals surface area contributed by atoms with Crippen LogP contribution in [0.1, 0.15) is 35.2 Å². The Morgan fingerprint density at radius 2 is 1.59 bits per heavy atom. The molecule has 0 N–H and O–H groups in total. The van der Waals surface area contributed by atoms with E-state index >= 15 is 0 Å². The molecule has 2 aromatic carbocycles. The highest BCUT2D eigenvalue weighted by Gasteiger charge is 2.14. The lowest BCUT2D eigenvalue weighted by atomic mass is 10.1. The number of rotatable bonds is 8. The SMILES string of the molecule is O=CC(CCCCc1ccccc1)OC(=O)c1ccccc1. The van der Waals surface area contributed by atoms with Crippen molar-refractivity contribution in [3.63, 3.8) is 0 Å². The molecule has 2 rings (SSSR count). The number of ether oxygens (including phenoxy) is 1. The molecule has 0 aliphatic carbocycles. The summed E-state index contributed by atoms with van der Waals surface area (Å²) in [6.45, 7) is 0. The van der Waals surface area contributed by atoms with Gasteiger partial charge in [-0.05, 0) is 43.4 Å². The van der Waals surface area contributed by atoms with Crippen molar-refractivity contribution in [3.05, 3.63) is 71.8 Å². The van der Waals surface area contributed by atoms with Gasteiger partial charge in [0.1, 0.15) is 0 Å². The van der Waals surface area contributed by atoms with Gasteiger partial charge in [-0.3, -0.25) is 4.79 Å². The Labute approximate surface area is 130 Å². The molecule has 2 aromatic rings. The molecule has 22 heavy (non-hydrogen) atoms. The quantitative estimate of drug-likeness (QED) is 0.422. The van der Waals surface area contributed by atoms with Gasteiger partial charge in [0.2, 0.25) is 0 Å². The largest absolute Gasteiger partial charge is 0.451 e. The Kier molecular flexibility index (Phi) is 6.37. The van der Waals surface area contributed by atoms with Crippen LogP contribution >= 0.6 is 0 Å². The number of hydrogen-bond acceptors (Lipinski definition) is 3. The zero-order valence-corrected chi connectivity index (χ0v) is 12.5. The first-order valence-electron chi connectivity index (χ1n) is 7.55. The fourth-order valence-electron chi connectivity index (χ4n) is 2.25. The molecule has 0 spiro atoms. The van der Waals surface area contributed by atoms with E-state index in [0.717, 1.165) is 19.3 Å². The highest BCUT2D eigenvalue weighted by molar-refractivity contribution is 5.90. The molecule has 114 valence electrons. The molecular weight excluding hydrogens is 276 g/mol. The monoisotopic (exact) mass is 296 g/mol. The van der Waals surface area contributed by atoms with Crippen molar-refractivity contribution < 1.29 is 14.3 Å². The van der Waals surface area contributed by atoms with Crippen molar-refractivity contribution in [2.24, 2.45) is 0 Å². The van der Waals surface area contributed by atoms with E-state index in [1.807, 2.05) is 24.3 Å². The Hall–Kier alpha value is -2.42. The summed E-state index contributed by atoms with van der Waals surface area (Å²) >= 11 is 0. The number of unbranched alkanes of at least 4 members (excludes halogenated alkanes) is 1. The minimum Gasteiger partial charge on any atom is -0.451 e. The van der Waals surface area contributed by atoms with E-state index in [0.29, 0.717) is 18.3 Å². The lowest BCUT2D eigenvalue weighted by molar-refractivity contribution is -0.115. The predicted octanol–water partition coefficient (Wildman–Crippen LogP) is 3.82. The van der Waals surface area contributed by atoms with Crippen LogP contribution in [0.15, 0.2) is 60.7 Å². The van der Waals surface area contributed by atoms with Crippen molar-refractivity contribution >= 4 is 12.3 Å². The van der Waals surface area contributed by atoms with E-state index in [-0.39, 0.29) is 0 Å². The third-order valence-corrected chi connectivity index (χ3v) is 3.47. The summed E-state index contributed by atoms with van der Waals surface area (Å²) in [6, 6.07) is 18.9. The summed E-state index contributed by atoms with van der Waals surface area (Å²) in [5.41, 5.74) is 1.75. The van der Waals surface area contributed by atoms with Gasteiger partial charge < -0.3 is 4.74 Å². The second-order valence-electron chi connectivity index (χ2n) is 5.18. The van der Waals surface area contributed by atoms with Crippen molar-refractivity contribution in [1.82, 2.24) is 0 Å². The summed E-state index contributed by atoms with van der Waals surface area (Å²) in [4.78, 5) is 22.9. The summed E-state index contributed by atoms with van der Waals surface area (Å²) in [5.74, 6) is -0.444. The molecule has 0 fully saturated rings. The minimum atomic E-state index is -0.663. The van der Waals surface area contributed by atoms with Crippen LogP contribution in [0.3, 0.4) is 0 Å². The number of hydrogen-bond donors (Lipinski definition) is 0. The molecule has 0 bridgehead atoms. The van der Waals surface area contributed by atoms with Crippen LogP contribution in [-0.4, -0.2) is 18.4 Å². The second-order valence-corrected chi connectivity index (χ2v) is 5.18. The maximum Gasteiger partial charge on any atom is 0.338 e. The summed E-state index contributed by atoms with van der Waals surface area (Å²) in [7, 11) is 0. The van der Waals surface area contributed by atoms with Crippen LogP contribution in [0.5, 0.6) is 0 Å². The highest BCUT2D eigenvalue weighted by atomic mass is 16.5. The van der Waals surface area contributed by atoms with Crippen LogP contribution in [0, 0.1) is 0 Å². The van der Waals surface area contributed by atoms with Crippen LogP contribution < -0.4 is 0 Å². The highest BCUT2D eigenvalue weighted by Crippen LogP contribution is 2.11. The van der Waals surface area contributed by atoms with E-state index in [1.54, 1.807) is 24.3 Å². The average molecular weight is 296 g/mol. The molecule has 0 heterocycles. The van der Waals surface area contributed by atoms with Crippen LogP contribution in [0.25, 0.3) is 0 Å². The Bertz CT molecular complexity index is 578. The molecule has 0 aliphatic rings. The first-order chi connectivity index (χ1) is 10.8. The average Bonchev–Trinajstić information content (AvgIpc) is 2.59. The number of aldehydes is 1. The molecular formula is C19H20O3. The van der Waals surface area contributed by atoms with Gasteiger partial charge in [0.05, 0.1) is 5.56 Å². The Morgan fingerprint density at radius 3 is 2.23 bits per heavy atom. The first kappa shape index (κ1) is 16.0. The molecule has 3 heteroatoms.